The third-order valence-corrected chi connectivity index (χ3v) is 3.06. The highest BCUT2D eigenvalue weighted by atomic mass is 35.5. The topological polar surface area (TPSA) is 26.3 Å². The van der Waals surface area contributed by atoms with Gasteiger partial charge < -0.3 is 4.74 Å². The molecule has 1 aromatic carbocycles. The fraction of sp³-hybridized carbons (Fsp3) is 0.308. The van der Waals surface area contributed by atoms with E-state index in [2.05, 4.69) is 16.6 Å². The molecule has 0 fully saturated rings. The lowest BCUT2D eigenvalue weighted by molar-refractivity contribution is -0.274. The molecular weight excluding hydrogens is 313 g/mol. The lowest BCUT2D eigenvalue weighted by atomic mass is 10.2. The Morgan fingerprint density at radius 2 is 2.15 bits per heavy atom. The Balaban J connectivity index is 2.65. The molecule has 7 heteroatoms. The average molecular weight is 323 g/mol. The average Bonchev–Trinajstić information content (AvgIpc) is 2.28. The highest BCUT2D eigenvalue weighted by Crippen LogP contribution is 2.27. The van der Waals surface area contributed by atoms with Crippen molar-refractivity contribution in [2.75, 3.05) is 5.75 Å². The number of carbonyl (C=O) groups excluding carboxylic acids is 1. The summed E-state index contributed by atoms with van der Waals surface area (Å²) >= 11 is 6.97. The summed E-state index contributed by atoms with van der Waals surface area (Å²) in [5.41, 5.74) is 0.411. The van der Waals surface area contributed by atoms with Crippen LogP contribution in [0.5, 0.6) is 5.75 Å². The number of hydrogen-bond donors (Lipinski definition) is 0. The van der Waals surface area contributed by atoms with E-state index in [1.165, 1.54) is 13.0 Å². The van der Waals surface area contributed by atoms with Crippen molar-refractivity contribution in [3.05, 3.63) is 28.8 Å². The minimum absolute atomic E-state index is 0.0125. The summed E-state index contributed by atoms with van der Waals surface area (Å²) in [5.74, 6) is 5.70. The van der Waals surface area contributed by atoms with Gasteiger partial charge in [-0.25, -0.2) is 0 Å². The molecule has 1 aromatic rings. The monoisotopic (exact) mass is 322 g/mol. The quantitative estimate of drug-likeness (QED) is 0.614. The summed E-state index contributed by atoms with van der Waals surface area (Å²) < 4.78 is 39.7. The molecule has 2 nitrogen and oxygen atoms in total. The van der Waals surface area contributed by atoms with Gasteiger partial charge in [0.15, 0.2) is 5.12 Å². The van der Waals surface area contributed by atoms with Crippen molar-refractivity contribution in [2.45, 2.75) is 19.7 Å². The van der Waals surface area contributed by atoms with E-state index in [1.54, 1.807) is 0 Å². The van der Waals surface area contributed by atoms with Gasteiger partial charge in [0, 0.05) is 30.7 Å². The summed E-state index contributed by atoms with van der Waals surface area (Å²) in [6.45, 7) is 1.47. The minimum atomic E-state index is -4.75. The van der Waals surface area contributed by atoms with Crippen molar-refractivity contribution in [1.82, 2.24) is 0 Å². The molecule has 0 aliphatic carbocycles. The third-order valence-electron chi connectivity index (χ3n) is 1.93. The van der Waals surface area contributed by atoms with Crippen LogP contribution in [-0.4, -0.2) is 17.2 Å². The number of thioether (sulfide) groups is 1. The van der Waals surface area contributed by atoms with Crippen molar-refractivity contribution >= 4 is 28.5 Å². The molecule has 108 valence electrons. The second-order valence-corrected chi connectivity index (χ2v) is 5.26. The molecular formula is C13H10ClF3O2S. The number of hydrogen-bond acceptors (Lipinski definition) is 3. The maximum Gasteiger partial charge on any atom is 0.573 e. The van der Waals surface area contributed by atoms with Crippen molar-refractivity contribution in [1.29, 1.82) is 0 Å². The number of ether oxygens (including phenoxy) is 1. The third kappa shape index (κ3) is 6.73. The van der Waals surface area contributed by atoms with E-state index >= 15 is 0 Å². The van der Waals surface area contributed by atoms with Crippen LogP contribution < -0.4 is 4.74 Å². The van der Waals surface area contributed by atoms with Gasteiger partial charge in [-0.1, -0.05) is 35.2 Å². The molecule has 0 atom stereocenters. The molecule has 0 aliphatic rings. The van der Waals surface area contributed by atoms with Crippen LogP contribution in [0, 0.1) is 11.8 Å². The lowest BCUT2D eigenvalue weighted by Gasteiger charge is -2.09. The Bertz CT molecular complexity index is 547. The van der Waals surface area contributed by atoms with Gasteiger partial charge in [0.25, 0.3) is 0 Å². The molecule has 0 unspecified atom stereocenters. The normalized spacial score (nSPS) is 10.7. The second-order valence-electron chi connectivity index (χ2n) is 3.58. The van der Waals surface area contributed by atoms with Crippen LogP contribution in [0.15, 0.2) is 18.2 Å². The van der Waals surface area contributed by atoms with E-state index in [0.29, 0.717) is 17.7 Å². The predicted molar refractivity (Wildman–Crippen MR) is 72.8 cm³/mol. The number of carbonyl (C=O) groups is 1. The highest BCUT2D eigenvalue weighted by Gasteiger charge is 2.31. The first-order valence-corrected chi connectivity index (χ1v) is 6.82. The Morgan fingerprint density at radius 1 is 1.45 bits per heavy atom. The van der Waals surface area contributed by atoms with Crippen molar-refractivity contribution < 1.29 is 22.7 Å². The van der Waals surface area contributed by atoms with E-state index in [4.69, 9.17) is 11.6 Å². The van der Waals surface area contributed by atoms with Gasteiger partial charge in [0.05, 0.1) is 5.02 Å². The zero-order valence-electron chi connectivity index (χ0n) is 10.4. The minimum Gasteiger partial charge on any atom is -0.406 e. The van der Waals surface area contributed by atoms with Crippen LogP contribution in [-0.2, 0) is 4.79 Å². The molecule has 0 N–H and O–H groups in total. The summed E-state index contributed by atoms with van der Waals surface area (Å²) in [5, 5.41) is 0.0944. The van der Waals surface area contributed by atoms with Gasteiger partial charge in [-0.3, -0.25) is 4.79 Å². The Labute approximate surface area is 123 Å². The van der Waals surface area contributed by atoms with Gasteiger partial charge in [-0.2, -0.15) is 0 Å². The van der Waals surface area contributed by atoms with Crippen LogP contribution in [0.1, 0.15) is 18.9 Å². The van der Waals surface area contributed by atoms with E-state index in [1.807, 2.05) is 0 Å². The number of rotatable bonds is 3. The first-order valence-electron chi connectivity index (χ1n) is 5.45. The molecule has 0 amide bonds. The molecule has 0 radical (unpaired) electrons. The van der Waals surface area contributed by atoms with Gasteiger partial charge in [-0.05, 0) is 12.1 Å². The first kappa shape index (κ1) is 16.7. The van der Waals surface area contributed by atoms with Crippen LogP contribution in [0.25, 0.3) is 0 Å². The molecule has 0 aliphatic heterocycles. The first-order chi connectivity index (χ1) is 9.28. The highest BCUT2D eigenvalue weighted by molar-refractivity contribution is 8.13. The number of alkyl halides is 3. The van der Waals surface area contributed by atoms with Crippen LogP contribution >= 0.6 is 23.4 Å². The van der Waals surface area contributed by atoms with Gasteiger partial charge >= 0.3 is 6.36 Å². The zero-order valence-corrected chi connectivity index (χ0v) is 12.0. The summed E-state index contributed by atoms with van der Waals surface area (Å²) in [7, 11) is 0. The van der Waals surface area contributed by atoms with Gasteiger partial charge in [0.2, 0.25) is 0 Å². The maximum atomic E-state index is 12.0. The Kier molecular flexibility index (Phi) is 6.24. The summed E-state index contributed by atoms with van der Waals surface area (Å²) in [6.07, 6.45) is -4.26. The van der Waals surface area contributed by atoms with E-state index in [0.717, 1.165) is 23.9 Å². The number of halogens is 4. The van der Waals surface area contributed by atoms with Crippen LogP contribution in [0.3, 0.4) is 0 Å². The van der Waals surface area contributed by atoms with Gasteiger partial charge in [-0.15, -0.1) is 13.2 Å². The largest absolute Gasteiger partial charge is 0.573 e. The van der Waals surface area contributed by atoms with Crippen molar-refractivity contribution in [2.24, 2.45) is 0 Å². The molecule has 0 bridgehead atoms. The molecule has 0 aromatic heterocycles. The molecule has 0 saturated carbocycles. The van der Waals surface area contributed by atoms with E-state index < -0.39 is 6.36 Å². The fourth-order valence-electron chi connectivity index (χ4n) is 1.20. The second kappa shape index (κ2) is 7.46. The van der Waals surface area contributed by atoms with Gasteiger partial charge in [0.1, 0.15) is 5.75 Å². The maximum absolute atomic E-state index is 12.0. The summed E-state index contributed by atoms with van der Waals surface area (Å²) in [4.78, 5) is 10.7. The predicted octanol–water partition coefficient (Wildman–Crippen LogP) is 4.26. The van der Waals surface area contributed by atoms with E-state index in [9.17, 15) is 18.0 Å². The molecule has 1 rings (SSSR count). The SMILES string of the molecule is CC(=O)SCCC#Cc1ccc(OC(F)(F)F)cc1Cl. The van der Waals surface area contributed by atoms with Crippen molar-refractivity contribution in [3.8, 4) is 17.6 Å². The number of benzene rings is 1. The Morgan fingerprint density at radius 3 is 2.70 bits per heavy atom. The molecule has 0 spiro atoms. The van der Waals surface area contributed by atoms with Crippen LogP contribution in [0.4, 0.5) is 13.2 Å². The molecule has 0 saturated heterocycles. The fourth-order valence-corrected chi connectivity index (χ4v) is 1.91. The lowest BCUT2D eigenvalue weighted by Crippen LogP contribution is -2.17. The Hall–Kier alpha value is -1.32. The molecule has 0 heterocycles. The zero-order chi connectivity index (χ0) is 15.2. The van der Waals surface area contributed by atoms with Crippen molar-refractivity contribution in [3.63, 3.8) is 0 Å². The van der Waals surface area contributed by atoms with Crippen LogP contribution in [0.2, 0.25) is 5.02 Å². The van der Waals surface area contributed by atoms with E-state index in [-0.39, 0.29) is 15.9 Å². The summed E-state index contributed by atoms with van der Waals surface area (Å²) in [6, 6.07) is 3.56. The smallest absolute Gasteiger partial charge is 0.406 e. The molecule has 20 heavy (non-hydrogen) atoms. The standard InChI is InChI=1S/C13H10ClF3O2S/c1-9(18)20-7-3-2-4-10-5-6-11(8-12(10)14)19-13(15,16)17/h5-6,8H,3,7H2,1H3.